The van der Waals surface area contributed by atoms with Gasteiger partial charge in [0, 0.05) is 25.2 Å². The van der Waals surface area contributed by atoms with Crippen LogP contribution in [0.4, 0.5) is 9.18 Å². The van der Waals surface area contributed by atoms with Gasteiger partial charge in [-0.05, 0) is 62.1 Å². The molecule has 3 aliphatic heterocycles. The average Bonchev–Trinajstić information content (AvgIpc) is 2.85. The summed E-state index contributed by atoms with van der Waals surface area (Å²) in [6.07, 6.45) is 5.22. The van der Waals surface area contributed by atoms with E-state index in [2.05, 4.69) is 4.90 Å². The van der Waals surface area contributed by atoms with E-state index in [1.807, 2.05) is 17.0 Å². The first-order chi connectivity index (χ1) is 11.6. The van der Waals surface area contributed by atoms with Crippen LogP contribution in [0.1, 0.15) is 50.0 Å². The second kappa shape index (κ2) is 6.36. The Labute approximate surface area is 142 Å². The van der Waals surface area contributed by atoms with Gasteiger partial charge in [0.25, 0.3) is 0 Å². The molecule has 3 atom stereocenters. The first-order valence-electron chi connectivity index (χ1n) is 9.12. The average molecular weight is 332 g/mol. The summed E-state index contributed by atoms with van der Waals surface area (Å²) < 4.78 is 13.1. The largest absolute Gasteiger partial charge is 0.393 e. The van der Waals surface area contributed by atoms with E-state index < -0.39 is 0 Å². The number of aliphatic hydroxyl groups excluding tert-OH is 1. The van der Waals surface area contributed by atoms with Crippen LogP contribution in [-0.2, 0) is 0 Å². The Bertz CT molecular complexity index is 584. The number of hydrogen-bond acceptors (Lipinski definition) is 2. The zero-order valence-electron chi connectivity index (χ0n) is 13.9. The lowest BCUT2D eigenvalue weighted by Crippen LogP contribution is -2.53. The fourth-order valence-corrected chi connectivity index (χ4v) is 4.72. The number of carbonyl (C=O) groups excluding carboxylic acids is 1. The predicted molar refractivity (Wildman–Crippen MR) is 89.2 cm³/mol. The molecule has 1 aromatic rings. The molecular formula is C19H25FN2O2. The highest BCUT2D eigenvalue weighted by Gasteiger charge is 2.45. The van der Waals surface area contributed by atoms with Gasteiger partial charge in [0.05, 0.1) is 6.10 Å². The fraction of sp³-hybridized carbons (Fsp3) is 0.632. The zero-order valence-corrected chi connectivity index (χ0v) is 13.9. The van der Waals surface area contributed by atoms with Gasteiger partial charge in [-0.15, -0.1) is 0 Å². The molecule has 5 heteroatoms. The number of urea groups is 1. The number of rotatable bonds is 1. The molecule has 3 aliphatic rings. The first-order valence-corrected chi connectivity index (χ1v) is 9.12. The van der Waals surface area contributed by atoms with Crippen molar-refractivity contribution in [3.8, 4) is 0 Å². The van der Waals surface area contributed by atoms with Crippen LogP contribution in [0.3, 0.4) is 0 Å². The van der Waals surface area contributed by atoms with Crippen molar-refractivity contribution in [2.45, 2.75) is 62.6 Å². The molecule has 0 aliphatic carbocycles. The lowest BCUT2D eigenvalue weighted by molar-refractivity contribution is 0.0650. The minimum atomic E-state index is -0.255. The Balaban J connectivity index is 1.45. The highest BCUT2D eigenvalue weighted by atomic mass is 19.1. The third kappa shape index (κ3) is 2.90. The molecule has 0 saturated carbocycles. The molecule has 4 nitrogen and oxygen atoms in total. The van der Waals surface area contributed by atoms with Gasteiger partial charge >= 0.3 is 6.03 Å². The number of amides is 2. The molecule has 0 spiro atoms. The molecule has 4 rings (SSSR count). The van der Waals surface area contributed by atoms with Crippen LogP contribution >= 0.6 is 0 Å². The van der Waals surface area contributed by atoms with Gasteiger partial charge in [0.15, 0.2) is 0 Å². The Hall–Kier alpha value is -1.62. The molecular weight excluding hydrogens is 307 g/mol. The maximum atomic E-state index is 13.1. The molecule has 2 amide bonds. The second-order valence-corrected chi connectivity index (χ2v) is 7.51. The van der Waals surface area contributed by atoms with Gasteiger partial charge in [-0.25, -0.2) is 9.18 Å². The zero-order chi connectivity index (χ0) is 16.7. The van der Waals surface area contributed by atoms with E-state index in [0.717, 1.165) is 25.7 Å². The number of halogens is 1. The first kappa shape index (κ1) is 15.9. The molecule has 2 bridgehead atoms. The van der Waals surface area contributed by atoms with Gasteiger partial charge in [-0.2, -0.15) is 0 Å². The van der Waals surface area contributed by atoms with Crippen molar-refractivity contribution in [1.29, 1.82) is 0 Å². The van der Waals surface area contributed by atoms with E-state index in [-0.39, 0.29) is 18.0 Å². The summed E-state index contributed by atoms with van der Waals surface area (Å²) in [6.45, 7) is 1.33. The minimum Gasteiger partial charge on any atom is -0.393 e. The van der Waals surface area contributed by atoms with Crippen molar-refractivity contribution < 1.29 is 14.3 Å². The molecule has 1 N–H and O–H groups in total. The van der Waals surface area contributed by atoms with E-state index in [0.29, 0.717) is 43.9 Å². The van der Waals surface area contributed by atoms with E-state index in [1.165, 1.54) is 17.7 Å². The molecule has 1 aromatic carbocycles. The summed E-state index contributed by atoms with van der Waals surface area (Å²) >= 11 is 0. The minimum absolute atomic E-state index is 0.159. The summed E-state index contributed by atoms with van der Waals surface area (Å²) in [7, 11) is 0. The summed E-state index contributed by atoms with van der Waals surface area (Å²) in [5.74, 6) is 0.233. The molecule has 130 valence electrons. The molecule has 3 fully saturated rings. The summed E-state index contributed by atoms with van der Waals surface area (Å²) in [6, 6.07) is 7.62. The van der Waals surface area contributed by atoms with Gasteiger partial charge in [-0.1, -0.05) is 12.1 Å². The van der Waals surface area contributed by atoms with Crippen LogP contribution in [-0.4, -0.2) is 52.2 Å². The number of fused-ring (bicyclic) bond motifs is 2. The van der Waals surface area contributed by atoms with Crippen molar-refractivity contribution in [2.75, 3.05) is 13.1 Å². The quantitative estimate of drug-likeness (QED) is 0.859. The number of benzene rings is 1. The maximum Gasteiger partial charge on any atom is 0.320 e. The molecule has 3 saturated heterocycles. The van der Waals surface area contributed by atoms with Crippen LogP contribution in [0.15, 0.2) is 24.3 Å². The van der Waals surface area contributed by atoms with Crippen LogP contribution in [0.25, 0.3) is 0 Å². The van der Waals surface area contributed by atoms with E-state index in [1.54, 1.807) is 0 Å². The number of carbonyl (C=O) groups is 1. The molecule has 24 heavy (non-hydrogen) atoms. The van der Waals surface area contributed by atoms with Crippen molar-refractivity contribution in [1.82, 2.24) is 9.80 Å². The van der Waals surface area contributed by atoms with Crippen LogP contribution in [0, 0.1) is 5.82 Å². The smallest absolute Gasteiger partial charge is 0.320 e. The highest BCUT2D eigenvalue weighted by Crippen LogP contribution is 2.43. The van der Waals surface area contributed by atoms with Crippen molar-refractivity contribution in [2.24, 2.45) is 0 Å². The third-order valence-corrected chi connectivity index (χ3v) is 6.03. The maximum absolute atomic E-state index is 13.1. The predicted octanol–water partition coefficient (Wildman–Crippen LogP) is 3.11. The van der Waals surface area contributed by atoms with Crippen molar-refractivity contribution >= 4 is 6.03 Å². The Morgan fingerprint density at radius 1 is 1.00 bits per heavy atom. The number of aliphatic hydroxyl groups is 1. The summed E-state index contributed by atoms with van der Waals surface area (Å²) in [5, 5.41) is 9.64. The normalized spacial score (nSPS) is 30.7. The standard InChI is InChI=1S/C19H25FN2O2/c20-15-3-1-13(2-4-15)14-11-16-5-6-17(12-14)22(16)19(24)21-9-7-18(23)8-10-21/h1-4,14,16-18,23H,5-12H2/t14?,16-,17+. The fourth-order valence-electron chi connectivity index (χ4n) is 4.72. The Morgan fingerprint density at radius 3 is 2.17 bits per heavy atom. The van der Waals surface area contributed by atoms with Crippen LogP contribution in [0.5, 0.6) is 0 Å². The lowest BCUT2D eigenvalue weighted by atomic mass is 9.85. The van der Waals surface area contributed by atoms with E-state index in [9.17, 15) is 14.3 Å². The SMILES string of the molecule is O=C(N1CCC(O)CC1)N1[C@@H]2CC[C@H]1CC(c1ccc(F)cc1)C2. The van der Waals surface area contributed by atoms with Gasteiger partial charge in [0.1, 0.15) is 5.82 Å². The van der Waals surface area contributed by atoms with Crippen molar-refractivity contribution in [3.05, 3.63) is 35.6 Å². The van der Waals surface area contributed by atoms with Gasteiger partial charge in [-0.3, -0.25) is 0 Å². The number of likely N-dealkylation sites (tertiary alicyclic amines) is 1. The second-order valence-electron chi connectivity index (χ2n) is 7.51. The van der Waals surface area contributed by atoms with E-state index >= 15 is 0 Å². The summed E-state index contributed by atoms with van der Waals surface area (Å²) in [4.78, 5) is 17.0. The Morgan fingerprint density at radius 2 is 1.58 bits per heavy atom. The van der Waals surface area contributed by atoms with Crippen LogP contribution in [0.2, 0.25) is 0 Å². The molecule has 1 unspecified atom stereocenters. The molecule has 3 heterocycles. The number of piperidine rings is 2. The molecule has 0 radical (unpaired) electrons. The summed E-state index contributed by atoms with van der Waals surface area (Å²) in [5.41, 5.74) is 1.20. The topological polar surface area (TPSA) is 43.8 Å². The monoisotopic (exact) mass is 332 g/mol. The lowest BCUT2D eigenvalue weighted by Gasteiger charge is -2.42. The molecule has 0 aromatic heterocycles. The van der Waals surface area contributed by atoms with Gasteiger partial charge in [0.2, 0.25) is 0 Å². The third-order valence-electron chi connectivity index (χ3n) is 6.03. The Kier molecular flexibility index (Phi) is 4.21. The number of nitrogens with zero attached hydrogens (tertiary/aromatic N) is 2. The van der Waals surface area contributed by atoms with Crippen molar-refractivity contribution in [3.63, 3.8) is 0 Å². The van der Waals surface area contributed by atoms with E-state index in [4.69, 9.17) is 0 Å². The van der Waals surface area contributed by atoms with Crippen LogP contribution < -0.4 is 0 Å². The van der Waals surface area contributed by atoms with Gasteiger partial charge < -0.3 is 14.9 Å². The highest BCUT2D eigenvalue weighted by molar-refractivity contribution is 5.76. The number of hydrogen-bond donors (Lipinski definition) is 1.